The Bertz CT molecular complexity index is 330. The minimum absolute atomic E-state index is 0.00583. The highest BCUT2D eigenvalue weighted by atomic mass is 32.2. The lowest BCUT2D eigenvalue weighted by atomic mass is 9.94. The average Bonchev–Trinajstić information content (AvgIpc) is 2.30. The zero-order valence-electron chi connectivity index (χ0n) is 8.66. The van der Waals surface area contributed by atoms with Gasteiger partial charge in [-0.05, 0) is 20.8 Å². The van der Waals surface area contributed by atoms with Crippen LogP contribution in [-0.4, -0.2) is 15.6 Å². The summed E-state index contributed by atoms with van der Waals surface area (Å²) in [5.41, 5.74) is 0.926. The van der Waals surface area contributed by atoms with Gasteiger partial charge in [0.15, 0.2) is 10.9 Å². The van der Waals surface area contributed by atoms with Gasteiger partial charge >= 0.3 is 0 Å². The third-order valence-electron chi connectivity index (χ3n) is 2.37. The van der Waals surface area contributed by atoms with E-state index in [1.165, 1.54) is 0 Å². The van der Waals surface area contributed by atoms with Crippen LogP contribution < -0.4 is 0 Å². The molecule has 3 heteroatoms. The highest BCUT2D eigenvalue weighted by Gasteiger charge is 2.47. The fourth-order valence-corrected chi connectivity index (χ4v) is 2.70. The Balaban J connectivity index is 3.03. The molecule has 0 spiro atoms. The molecule has 2 unspecified atom stereocenters. The molecular weight excluding hydrogens is 196 g/mol. The molecule has 1 rings (SSSR count). The van der Waals surface area contributed by atoms with E-state index in [1.54, 1.807) is 19.9 Å². The molecule has 2 nitrogen and oxygen atoms in total. The molecule has 0 N–H and O–H groups in total. The normalized spacial score (nSPS) is 33.6. The standard InChI is InChI=1S/C11H14O2S/c1-5-7(2)6-11(4)9(12)8(3)10(13)14-11/h5-6,8H,1H2,2-4H3/b7-6+. The van der Waals surface area contributed by atoms with E-state index in [0.717, 1.165) is 17.3 Å². The summed E-state index contributed by atoms with van der Waals surface area (Å²) in [4.78, 5) is 23.1. The Morgan fingerprint density at radius 3 is 2.50 bits per heavy atom. The molecule has 1 aliphatic heterocycles. The van der Waals surface area contributed by atoms with Gasteiger partial charge in [0.2, 0.25) is 0 Å². The predicted molar refractivity (Wildman–Crippen MR) is 59.1 cm³/mol. The molecule has 1 heterocycles. The van der Waals surface area contributed by atoms with Crippen LogP contribution in [0.3, 0.4) is 0 Å². The summed E-state index contributed by atoms with van der Waals surface area (Å²) in [5.74, 6) is -0.479. The van der Waals surface area contributed by atoms with Crippen molar-refractivity contribution in [3.05, 3.63) is 24.3 Å². The van der Waals surface area contributed by atoms with Crippen molar-refractivity contribution in [2.24, 2.45) is 5.92 Å². The number of allylic oxidation sites excluding steroid dienone is 2. The highest BCUT2D eigenvalue weighted by Crippen LogP contribution is 2.41. The van der Waals surface area contributed by atoms with Crippen LogP contribution in [0.2, 0.25) is 0 Å². The second-order valence-corrected chi connectivity index (χ2v) is 5.16. The summed E-state index contributed by atoms with van der Waals surface area (Å²) in [6, 6.07) is 0. The van der Waals surface area contributed by atoms with Crippen LogP contribution >= 0.6 is 11.8 Å². The largest absolute Gasteiger partial charge is 0.297 e. The zero-order chi connectivity index (χ0) is 10.9. The fourth-order valence-electron chi connectivity index (χ4n) is 1.48. The summed E-state index contributed by atoms with van der Waals surface area (Å²) in [7, 11) is 0. The van der Waals surface area contributed by atoms with E-state index in [4.69, 9.17) is 0 Å². The van der Waals surface area contributed by atoms with Crippen molar-refractivity contribution >= 4 is 22.7 Å². The maximum absolute atomic E-state index is 11.8. The monoisotopic (exact) mass is 210 g/mol. The molecule has 1 fully saturated rings. The summed E-state index contributed by atoms with van der Waals surface area (Å²) >= 11 is 1.12. The Hall–Kier alpha value is -0.830. The van der Waals surface area contributed by atoms with E-state index in [9.17, 15) is 9.59 Å². The number of Topliss-reactive ketones (excluding diaryl/α,β-unsaturated/α-hetero) is 1. The molecule has 2 atom stereocenters. The molecule has 0 saturated carbocycles. The average molecular weight is 210 g/mol. The minimum Gasteiger partial charge on any atom is -0.297 e. The van der Waals surface area contributed by atoms with Crippen molar-refractivity contribution in [2.45, 2.75) is 25.5 Å². The molecule has 0 amide bonds. The van der Waals surface area contributed by atoms with Crippen molar-refractivity contribution in [3.8, 4) is 0 Å². The number of hydrogen-bond acceptors (Lipinski definition) is 3. The molecule has 0 aromatic rings. The topological polar surface area (TPSA) is 34.1 Å². The van der Waals surface area contributed by atoms with E-state index in [1.807, 2.05) is 13.0 Å². The molecule has 0 aromatic carbocycles. The molecular formula is C11H14O2S. The lowest BCUT2D eigenvalue weighted by Gasteiger charge is -2.15. The number of carbonyl (C=O) groups is 2. The van der Waals surface area contributed by atoms with Crippen molar-refractivity contribution in [1.82, 2.24) is 0 Å². The van der Waals surface area contributed by atoms with Gasteiger partial charge in [0.25, 0.3) is 0 Å². The minimum atomic E-state index is -0.686. The van der Waals surface area contributed by atoms with E-state index >= 15 is 0 Å². The lowest BCUT2D eigenvalue weighted by Crippen LogP contribution is -2.27. The van der Waals surface area contributed by atoms with Crippen LogP contribution in [0.25, 0.3) is 0 Å². The van der Waals surface area contributed by atoms with E-state index in [0.29, 0.717) is 0 Å². The van der Waals surface area contributed by atoms with Gasteiger partial charge in [0, 0.05) is 0 Å². The second kappa shape index (κ2) is 3.73. The third kappa shape index (κ3) is 1.82. The van der Waals surface area contributed by atoms with Crippen LogP contribution in [0.1, 0.15) is 20.8 Å². The Morgan fingerprint density at radius 2 is 2.14 bits per heavy atom. The van der Waals surface area contributed by atoms with Gasteiger partial charge < -0.3 is 0 Å². The number of rotatable bonds is 2. The summed E-state index contributed by atoms with van der Waals surface area (Å²) in [6.07, 6.45) is 3.50. The maximum atomic E-state index is 11.8. The molecule has 0 bridgehead atoms. The quantitative estimate of drug-likeness (QED) is 0.518. The van der Waals surface area contributed by atoms with Gasteiger partial charge in [-0.25, -0.2) is 0 Å². The van der Waals surface area contributed by atoms with Crippen LogP contribution in [0.5, 0.6) is 0 Å². The first kappa shape index (κ1) is 11.2. The molecule has 14 heavy (non-hydrogen) atoms. The number of thioether (sulfide) groups is 1. The van der Waals surface area contributed by atoms with E-state index < -0.39 is 10.7 Å². The Morgan fingerprint density at radius 1 is 1.57 bits per heavy atom. The van der Waals surface area contributed by atoms with Gasteiger partial charge in [-0.3, -0.25) is 9.59 Å². The van der Waals surface area contributed by atoms with Crippen molar-refractivity contribution < 1.29 is 9.59 Å². The van der Waals surface area contributed by atoms with Gasteiger partial charge in [-0.2, -0.15) is 0 Å². The number of ketones is 1. The second-order valence-electron chi connectivity index (χ2n) is 3.71. The fraction of sp³-hybridized carbons (Fsp3) is 0.455. The number of carbonyl (C=O) groups excluding carboxylic acids is 2. The van der Waals surface area contributed by atoms with Gasteiger partial charge in [-0.1, -0.05) is 36.1 Å². The first-order chi connectivity index (χ1) is 6.40. The third-order valence-corrected chi connectivity index (χ3v) is 3.67. The van der Waals surface area contributed by atoms with Crippen molar-refractivity contribution in [3.63, 3.8) is 0 Å². The summed E-state index contributed by atoms with van der Waals surface area (Å²) in [5, 5.41) is -0.0365. The molecule has 0 radical (unpaired) electrons. The lowest BCUT2D eigenvalue weighted by molar-refractivity contribution is -0.126. The van der Waals surface area contributed by atoms with Crippen LogP contribution in [0.4, 0.5) is 0 Å². The molecule has 0 aromatic heterocycles. The van der Waals surface area contributed by atoms with Gasteiger partial charge in [0.1, 0.15) is 0 Å². The molecule has 0 aliphatic carbocycles. The first-order valence-electron chi connectivity index (χ1n) is 4.50. The molecule has 1 saturated heterocycles. The van der Waals surface area contributed by atoms with Crippen LogP contribution in [0, 0.1) is 5.92 Å². The van der Waals surface area contributed by atoms with Crippen molar-refractivity contribution in [2.75, 3.05) is 0 Å². The summed E-state index contributed by atoms with van der Waals surface area (Å²) in [6.45, 7) is 8.95. The predicted octanol–water partition coefficient (Wildman–Crippen LogP) is 2.36. The van der Waals surface area contributed by atoms with Crippen LogP contribution in [-0.2, 0) is 9.59 Å². The van der Waals surface area contributed by atoms with E-state index in [2.05, 4.69) is 6.58 Å². The first-order valence-corrected chi connectivity index (χ1v) is 5.31. The van der Waals surface area contributed by atoms with Crippen LogP contribution in [0.15, 0.2) is 24.3 Å². The summed E-state index contributed by atoms with van der Waals surface area (Å²) < 4.78 is -0.686. The van der Waals surface area contributed by atoms with Gasteiger partial charge in [0.05, 0.1) is 10.7 Å². The zero-order valence-corrected chi connectivity index (χ0v) is 9.48. The molecule has 1 aliphatic rings. The smallest absolute Gasteiger partial charge is 0.200 e. The number of hydrogen-bond donors (Lipinski definition) is 0. The molecule has 76 valence electrons. The Labute approximate surface area is 88.4 Å². The Kier molecular flexibility index (Phi) is 3.00. The SMILES string of the molecule is C=C/C(C)=C/C1(C)SC(=O)C(C)C1=O. The van der Waals surface area contributed by atoms with E-state index in [-0.39, 0.29) is 10.9 Å². The van der Waals surface area contributed by atoms with Gasteiger partial charge in [-0.15, -0.1) is 0 Å². The van der Waals surface area contributed by atoms with Crippen molar-refractivity contribution in [1.29, 1.82) is 0 Å². The highest BCUT2D eigenvalue weighted by molar-refractivity contribution is 8.16. The maximum Gasteiger partial charge on any atom is 0.200 e.